The van der Waals surface area contributed by atoms with E-state index in [9.17, 15) is 4.79 Å². The molecule has 0 atom stereocenters. The lowest BCUT2D eigenvalue weighted by Crippen LogP contribution is -2.15. The third-order valence-corrected chi connectivity index (χ3v) is 3.49. The van der Waals surface area contributed by atoms with E-state index in [1.165, 1.54) is 11.1 Å². The van der Waals surface area contributed by atoms with Gasteiger partial charge >= 0.3 is 0 Å². The lowest BCUT2D eigenvalue weighted by molar-refractivity contribution is -0.115. The van der Waals surface area contributed by atoms with Gasteiger partial charge in [-0.3, -0.25) is 4.79 Å². The van der Waals surface area contributed by atoms with Gasteiger partial charge in [-0.05, 0) is 49.1 Å². The molecule has 0 bridgehead atoms. The fourth-order valence-corrected chi connectivity index (χ4v) is 2.08. The van der Waals surface area contributed by atoms with Crippen molar-refractivity contribution < 1.29 is 4.79 Å². The van der Waals surface area contributed by atoms with E-state index < -0.39 is 0 Å². The van der Waals surface area contributed by atoms with E-state index in [0.717, 1.165) is 11.1 Å². The summed E-state index contributed by atoms with van der Waals surface area (Å²) in [6.45, 7) is 6.00. The second-order valence-electron chi connectivity index (χ2n) is 4.99. The second-order valence-corrected chi connectivity index (χ2v) is 5.35. The predicted octanol–water partition coefficient (Wildman–Crippen LogP) is 3.84. The van der Waals surface area contributed by atoms with Gasteiger partial charge in [-0.2, -0.15) is 0 Å². The van der Waals surface area contributed by atoms with E-state index in [0.29, 0.717) is 17.3 Å². The van der Waals surface area contributed by atoms with E-state index in [2.05, 4.69) is 17.2 Å². The first kappa shape index (κ1) is 14.5. The maximum Gasteiger partial charge on any atom is 0.228 e. The summed E-state index contributed by atoms with van der Waals surface area (Å²) in [6.07, 6.45) is 1.99. The molecule has 1 heterocycles. The number of aromatic nitrogens is 1. The molecule has 0 unspecified atom stereocenters. The topological polar surface area (TPSA) is 42.0 Å². The number of carbonyl (C=O) groups is 1. The van der Waals surface area contributed by atoms with Crippen LogP contribution in [0.2, 0.25) is 5.15 Å². The van der Waals surface area contributed by atoms with Gasteiger partial charge in [0.25, 0.3) is 0 Å². The summed E-state index contributed by atoms with van der Waals surface area (Å²) < 4.78 is 0. The van der Waals surface area contributed by atoms with Crippen LogP contribution in [-0.4, -0.2) is 10.9 Å². The maximum atomic E-state index is 12.0. The zero-order valence-corrected chi connectivity index (χ0v) is 12.6. The van der Waals surface area contributed by atoms with Gasteiger partial charge in [0.05, 0.1) is 12.1 Å². The molecule has 4 heteroatoms. The van der Waals surface area contributed by atoms with Crippen LogP contribution in [0.15, 0.2) is 30.5 Å². The summed E-state index contributed by atoms with van der Waals surface area (Å²) in [5, 5.41) is 3.11. The molecule has 0 saturated carbocycles. The Morgan fingerprint density at radius 2 is 1.95 bits per heavy atom. The molecule has 1 amide bonds. The number of pyridine rings is 1. The van der Waals surface area contributed by atoms with Crippen LogP contribution in [0.25, 0.3) is 0 Å². The van der Waals surface area contributed by atoms with Gasteiger partial charge in [0.2, 0.25) is 5.91 Å². The Bertz CT molecular complexity index is 653. The van der Waals surface area contributed by atoms with Crippen molar-refractivity contribution in [3.63, 3.8) is 0 Å². The molecule has 0 radical (unpaired) electrons. The van der Waals surface area contributed by atoms with Crippen LogP contribution in [0.3, 0.4) is 0 Å². The molecule has 20 heavy (non-hydrogen) atoms. The van der Waals surface area contributed by atoms with E-state index >= 15 is 0 Å². The van der Waals surface area contributed by atoms with Gasteiger partial charge in [-0.15, -0.1) is 0 Å². The van der Waals surface area contributed by atoms with Crippen LogP contribution in [0.5, 0.6) is 0 Å². The van der Waals surface area contributed by atoms with E-state index in [1.807, 2.05) is 38.1 Å². The Morgan fingerprint density at radius 1 is 1.20 bits per heavy atom. The number of halogens is 1. The highest BCUT2D eigenvalue weighted by molar-refractivity contribution is 6.32. The first-order valence-electron chi connectivity index (χ1n) is 6.44. The Morgan fingerprint density at radius 3 is 2.65 bits per heavy atom. The first-order valence-corrected chi connectivity index (χ1v) is 6.81. The van der Waals surface area contributed by atoms with E-state index in [1.54, 1.807) is 6.20 Å². The molecule has 0 aliphatic heterocycles. The summed E-state index contributed by atoms with van der Waals surface area (Å²) in [5.41, 5.74) is 4.91. The molecule has 1 aromatic carbocycles. The van der Waals surface area contributed by atoms with Crippen LogP contribution < -0.4 is 5.32 Å². The largest absolute Gasteiger partial charge is 0.323 e. The standard InChI is InChI=1S/C16H17ClN2O/c1-10-6-14(16(17)18-9-10)19-15(20)8-13-5-4-11(2)12(3)7-13/h4-7,9H,8H2,1-3H3,(H,19,20). The number of amides is 1. The number of anilines is 1. The molecular weight excluding hydrogens is 272 g/mol. The average Bonchev–Trinajstić information content (AvgIpc) is 2.38. The Balaban J connectivity index is 2.09. The summed E-state index contributed by atoms with van der Waals surface area (Å²) in [6, 6.07) is 7.84. The van der Waals surface area contributed by atoms with Gasteiger partial charge in [0.1, 0.15) is 0 Å². The minimum Gasteiger partial charge on any atom is -0.323 e. The molecule has 0 aliphatic rings. The van der Waals surface area contributed by atoms with Gasteiger partial charge in [0.15, 0.2) is 5.15 Å². The van der Waals surface area contributed by atoms with Gasteiger partial charge in [-0.1, -0.05) is 29.8 Å². The van der Waals surface area contributed by atoms with Crippen LogP contribution in [0, 0.1) is 20.8 Å². The molecule has 0 aliphatic carbocycles. The zero-order valence-electron chi connectivity index (χ0n) is 11.8. The number of nitrogens with one attached hydrogen (secondary N) is 1. The first-order chi connectivity index (χ1) is 9.45. The quantitative estimate of drug-likeness (QED) is 0.872. The number of carbonyl (C=O) groups excluding carboxylic acids is 1. The lowest BCUT2D eigenvalue weighted by Gasteiger charge is -2.08. The van der Waals surface area contributed by atoms with Gasteiger partial charge < -0.3 is 5.32 Å². The van der Waals surface area contributed by atoms with Crippen molar-refractivity contribution in [3.8, 4) is 0 Å². The SMILES string of the molecule is Cc1cnc(Cl)c(NC(=O)Cc2ccc(C)c(C)c2)c1. The fourth-order valence-electron chi connectivity index (χ4n) is 1.93. The second kappa shape index (κ2) is 6.06. The van der Waals surface area contributed by atoms with Crippen LogP contribution >= 0.6 is 11.6 Å². The van der Waals surface area contributed by atoms with Crippen molar-refractivity contribution in [2.24, 2.45) is 0 Å². The predicted molar refractivity (Wildman–Crippen MR) is 82.2 cm³/mol. The maximum absolute atomic E-state index is 12.0. The van der Waals surface area contributed by atoms with Gasteiger partial charge in [-0.25, -0.2) is 4.98 Å². The Kier molecular flexibility index (Phi) is 4.40. The molecular formula is C16H17ClN2O. The molecule has 3 nitrogen and oxygen atoms in total. The summed E-state index contributed by atoms with van der Waals surface area (Å²) in [4.78, 5) is 16.1. The monoisotopic (exact) mass is 288 g/mol. The number of hydrogen-bond donors (Lipinski definition) is 1. The van der Waals surface area contributed by atoms with Gasteiger partial charge in [0, 0.05) is 6.20 Å². The highest BCUT2D eigenvalue weighted by atomic mass is 35.5. The fraction of sp³-hybridized carbons (Fsp3) is 0.250. The minimum atomic E-state index is -0.0949. The van der Waals surface area contributed by atoms with Crippen molar-refractivity contribution in [1.29, 1.82) is 0 Å². The van der Waals surface area contributed by atoms with Crippen molar-refractivity contribution in [2.45, 2.75) is 27.2 Å². The van der Waals surface area contributed by atoms with Crippen molar-refractivity contribution in [2.75, 3.05) is 5.32 Å². The smallest absolute Gasteiger partial charge is 0.228 e. The summed E-state index contributed by atoms with van der Waals surface area (Å²) in [5.74, 6) is -0.0949. The van der Waals surface area contributed by atoms with Crippen LogP contribution in [-0.2, 0) is 11.2 Å². The molecule has 0 spiro atoms. The normalized spacial score (nSPS) is 10.4. The molecule has 2 rings (SSSR count). The van der Waals surface area contributed by atoms with Crippen molar-refractivity contribution in [1.82, 2.24) is 4.98 Å². The van der Waals surface area contributed by atoms with E-state index in [-0.39, 0.29) is 5.91 Å². The van der Waals surface area contributed by atoms with E-state index in [4.69, 9.17) is 11.6 Å². The molecule has 2 aromatic rings. The Labute approximate surface area is 124 Å². The molecule has 104 valence electrons. The highest BCUT2D eigenvalue weighted by Crippen LogP contribution is 2.20. The van der Waals surface area contributed by atoms with Crippen LogP contribution in [0.1, 0.15) is 22.3 Å². The third kappa shape index (κ3) is 3.58. The molecule has 0 saturated heterocycles. The van der Waals surface area contributed by atoms with Crippen LogP contribution in [0.4, 0.5) is 5.69 Å². The Hall–Kier alpha value is -1.87. The number of nitrogens with zero attached hydrogens (tertiary/aromatic N) is 1. The summed E-state index contributed by atoms with van der Waals surface area (Å²) in [7, 11) is 0. The number of hydrogen-bond acceptors (Lipinski definition) is 2. The number of benzene rings is 1. The molecule has 1 aromatic heterocycles. The number of aryl methyl sites for hydroxylation is 3. The number of rotatable bonds is 3. The van der Waals surface area contributed by atoms with Crippen molar-refractivity contribution in [3.05, 3.63) is 57.9 Å². The zero-order chi connectivity index (χ0) is 14.7. The summed E-state index contributed by atoms with van der Waals surface area (Å²) >= 11 is 5.96. The third-order valence-electron chi connectivity index (χ3n) is 3.19. The van der Waals surface area contributed by atoms with Crippen molar-refractivity contribution >= 4 is 23.2 Å². The lowest BCUT2D eigenvalue weighted by atomic mass is 10.0. The molecule has 0 fully saturated rings. The minimum absolute atomic E-state index is 0.0949. The highest BCUT2D eigenvalue weighted by Gasteiger charge is 2.08. The molecule has 1 N–H and O–H groups in total. The average molecular weight is 289 g/mol.